The van der Waals surface area contributed by atoms with E-state index < -0.39 is 0 Å². The average molecular weight is 302 g/mol. The number of hydrogen-bond donors (Lipinski definition) is 3. The Morgan fingerprint density at radius 1 is 1.36 bits per heavy atom. The molecule has 1 aliphatic heterocycles. The van der Waals surface area contributed by atoms with Crippen molar-refractivity contribution in [3.63, 3.8) is 0 Å². The highest BCUT2D eigenvalue weighted by Gasteiger charge is 2.23. The summed E-state index contributed by atoms with van der Waals surface area (Å²) in [5, 5.41) is 9.79. The second-order valence-corrected chi connectivity index (χ2v) is 6.69. The van der Waals surface area contributed by atoms with Gasteiger partial charge < -0.3 is 16.0 Å². The van der Waals surface area contributed by atoms with Gasteiger partial charge in [0.15, 0.2) is 0 Å². The molecule has 0 atom stereocenters. The van der Waals surface area contributed by atoms with Crippen LogP contribution in [0.25, 0.3) is 0 Å². The maximum Gasteiger partial charge on any atom is 0.255 e. The predicted octanol–water partition coefficient (Wildman–Crippen LogP) is 1.73. The highest BCUT2D eigenvalue weighted by molar-refractivity contribution is 5.99. The first-order valence-corrected chi connectivity index (χ1v) is 8.41. The van der Waals surface area contributed by atoms with E-state index in [2.05, 4.69) is 16.0 Å². The first-order valence-electron chi connectivity index (χ1n) is 8.41. The maximum absolute atomic E-state index is 12.5. The van der Waals surface area contributed by atoms with Gasteiger partial charge in [-0.1, -0.05) is 0 Å². The van der Waals surface area contributed by atoms with Crippen LogP contribution in [0.15, 0.2) is 6.07 Å². The van der Waals surface area contributed by atoms with E-state index in [1.54, 1.807) is 0 Å². The number of amides is 1. The first kappa shape index (κ1) is 15.3. The summed E-state index contributed by atoms with van der Waals surface area (Å²) < 4.78 is 0. The largest absolute Gasteiger partial charge is 0.369 e. The van der Waals surface area contributed by atoms with Crippen LogP contribution in [-0.2, 0) is 12.8 Å². The lowest BCUT2D eigenvalue weighted by molar-refractivity contribution is 0.0943. The zero-order chi connectivity index (χ0) is 15.5. The van der Waals surface area contributed by atoms with Gasteiger partial charge in [0.2, 0.25) is 0 Å². The Labute approximate surface area is 132 Å². The fourth-order valence-corrected chi connectivity index (χ4v) is 2.79. The molecule has 0 aromatic carbocycles. The lowest BCUT2D eigenvalue weighted by Gasteiger charge is -2.16. The zero-order valence-corrected chi connectivity index (χ0v) is 13.5. The highest BCUT2D eigenvalue weighted by Crippen LogP contribution is 2.29. The number of fused-ring (bicyclic) bond motifs is 1. The van der Waals surface area contributed by atoms with E-state index in [0.29, 0.717) is 5.56 Å². The molecule has 5 nitrogen and oxygen atoms in total. The van der Waals surface area contributed by atoms with Gasteiger partial charge in [0.1, 0.15) is 5.82 Å². The van der Waals surface area contributed by atoms with E-state index in [0.717, 1.165) is 49.9 Å². The minimum atomic E-state index is -0.0270. The van der Waals surface area contributed by atoms with E-state index in [1.807, 2.05) is 19.9 Å². The number of carbonyl (C=O) groups excluding carboxylic acids is 1. The molecule has 2 aliphatic rings. The number of hydrogen-bond acceptors (Lipinski definition) is 4. The summed E-state index contributed by atoms with van der Waals surface area (Å²) in [6, 6.07) is 2.17. The van der Waals surface area contributed by atoms with E-state index in [9.17, 15) is 4.79 Å². The molecule has 120 valence electrons. The van der Waals surface area contributed by atoms with E-state index >= 15 is 0 Å². The summed E-state index contributed by atoms with van der Waals surface area (Å²) >= 11 is 0. The monoisotopic (exact) mass is 302 g/mol. The quantitative estimate of drug-likeness (QED) is 0.775. The molecule has 3 N–H and O–H groups in total. The Morgan fingerprint density at radius 2 is 2.14 bits per heavy atom. The number of aromatic nitrogens is 1. The predicted molar refractivity (Wildman–Crippen MR) is 88.3 cm³/mol. The molecule has 1 aromatic heterocycles. The number of anilines is 1. The topological polar surface area (TPSA) is 66.0 Å². The molecule has 2 heterocycles. The van der Waals surface area contributed by atoms with Gasteiger partial charge in [-0.05, 0) is 57.2 Å². The minimum Gasteiger partial charge on any atom is -0.369 e. The number of carbonyl (C=O) groups is 1. The summed E-state index contributed by atoms with van der Waals surface area (Å²) in [6.45, 7) is 6.80. The van der Waals surface area contributed by atoms with Crippen LogP contribution >= 0.6 is 0 Å². The standard InChI is InChI=1S/C17H26N4O/c1-11(2)20-17(22)14-9-13-5-7-18-8-6-15(13)21-16(14)19-10-12-3-4-12/h9,11-12,18H,3-8,10H2,1-2H3,(H,19,21)(H,20,22). The third-order valence-corrected chi connectivity index (χ3v) is 4.22. The normalized spacial score (nSPS) is 17.8. The molecule has 1 aliphatic carbocycles. The second-order valence-electron chi connectivity index (χ2n) is 6.69. The summed E-state index contributed by atoms with van der Waals surface area (Å²) in [6.07, 6.45) is 4.44. The summed E-state index contributed by atoms with van der Waals surface area (Å²) in [5.41, 5.74) is 3.02. The van der Waals surface area contributed by atoms with Gasteiger partial charge in [-0.3, -0.25) is 4.79 Å². The van der Waals surface area contributed by atoms with Gasteiger partial charge in [-0.25, -0.2) is 4.98 Å². The maximum atomic E-state index is 12.5. The molecule has 22 heavy (non-hydrogen) atoms. The molecule has 3 rings (SSSR count). The molecule has 1 saturated carbocycles. The van der Waals surface area contributed by atoms with Crippen LogP contribution in [0.5, 0.6) is 0 Å². The number of rotatable bonds is 5. The minimum absolute atomic E-state index is 0.0270. The summed E-state index contributed by atoms with van der Waals surface area (Å²) in [5.74, 6) is 1.48. The Kier molecular flexibility index (Phi) is 4.62. The van der Waals surface area contributed by atoms with Gasteiger partial charge in [0.05, 0.1) is 5.56 Å². The molecule has 0 saturated heterocycles. The van der Waals surface area contributed by atoms with E-state index in [1.165, 1.54) is 18.4 Å². The summed E-state index contributed by atoms with van der Waals surface area (Å²) in [4.78, 5) is 17.3. The molecule has 0 unspecified atom stereocenters. The van der Waals surface area contributed by atoms with Crippen molar-refractivity contribution in [1.29, 1.82) is 0 Å². The lowest BCUT2D eigenvalue weighted by atomic mass is 10.0. The number of nitrogens with zero attached hydrogens (tertiary/aromatic N) is 1. The van der Waals surface area contributed by atoms with Crippen molar-refractivity contribution in [2.24, 2.45) is 5.92 Å². The van der Waals surface area contributed by atoms with Crippen LogP contribution in [0.2, 0.25) is 0 Å². The van der Waals surface area contributed by atoms with Gasteiger partial charge >= 0.3 is 0 Å². The molecular formula is C17H26N4O. The van der Waals surface area contributed by atoms with E-state index in [4.69, 9.17) is 4.98 Å². The van der Waals surface area contributed by atoms with Crippen molar-refractivity contribution in [2.45, 2.75) is 45.6 Å². The zero-order valence-electron chi connectivity index (χ0n) is 13.5. The van der Waals surface area contributed by atoms with Crippen molar-refractivity contribution < 1.29 is 4.79 Å². The smallest absolute Gasteiger partial charge is 0.255 e. The fraction of sp³-hybridized carbons (Fsp3) is 0.647. The third kappa shape index (κ3) is 3.77. The SMILES string of the molecule is CC(C)NC(=O)c1cc2c(nc1NCC1CC1)CCNCC2. The van der Waals surface area contributed by atoms with Gasteiger partial charge in [-0.15, -0.1) is 0 Å². The van der Waals surface area contributed by atoms with Crippen LogP contribution in [0.3, 0.4) is 0 Å². The van der Waals surface area contributed by atoms with Gasteiger partial charge in [0, 0.05) is 31.2 Å². The Bertz CT molecular complexity index is 552. The van der Waals surface area contributed by atoms with Crippen LogP contribution in [-0.4, -0.2) is 36.6 Å². The Balaban J connectivity index is 1.88. The van der Waals surface area contributed by atoms with Crippen molar-refractivity contribution >= 4 is 11.7 Å². The van der Waals surface area contributed by atoms with Crippen LogP contribution in [0.4, 0.5) is 5.82 Å². The Morgan fingerprint density at radius 3 is 2.86 bits per heavy atom. The van der Waals surface area contributed by atoms with Crippen LogP contribution in [0, 0.1) is 5.92 Å². The molecule has 1 amide bonds. The molecule has 1 aromatic rings. The third-order valence-electron chi connectivity index (χ3n) is 4.22. The van der Waals surface area contributed by atoms with Gasteiger partial charge in [0.25, 0.3) is 5.91 Å². The average Bonchev–Trinajstić information content (AvgIpc) is 3.30. The number of pyridine rings is 1. The fourth-order valence-electron chi connectivity index (χ4n) is 2.79. The van der Waals surface area contributed by atoms with Crippen LogP contribution in [0.1, 0.15) is 48.3 Å². The highest BCUT2D eigenvalue weighted by atomic mass is 16.1. The molecule has 1 fully saturated rings. The molecule has 0 radical (unpaired) electrons. The van der Waals surface area contributed by atoms with E-state index in [-0.39, 0.29) is 11.9 Å². The molecule has 0 bridgehead atoms. The Hall–Kier alpha value is -1.62. The van der Waals surface area contributed by atoms with Crippen LogP contribution < -0.4 is 16.0 Å². The first-order chi connectivity index (χ1) is 10.6. The second kappa shape index (κ2) is 6.65. The molecular weight excluding hydrogens is 276 g/mol. The van der Waals surface area contributed by atoms with Crippen molar-refractivity contribution in [1.82, 2.24) is 15.6 Å². The van der Waals surface area contributed by atoms with Crippen molar-refractivity contribution in [3.8, 4) is 0 Å². The summed E-state index contributed by atoms with van der Waals surface area (Å²) in [7, 11) is 0. The van der Waals surface area contributed by atoms with Gasteiger partial charge in [-0.2, -0.15) is 0 Å². The van der Waals surface area contributed by atoms with Crippen molar-refractivity contribution in [2.75, 3.05) is 25.0 Å². The molecule has 5 heteroatoms. The lowest BCUT2D eigenvalue weighted by Crippen LogP contribution is -2.31. The number of nitrogens with one attached hydrogen (secondary N) is 3. The molecule has 0 spiro atoms. The van der Waals surface area contributed by atoms with Crippen molar-refractivity contribution in [3.05, 3.63) is 22.9 Å².